The van der Waals surface area contributed by atoms with E-state index >= 15 is 0 Å². The second-order valence-corrected chi connectivity index (χ2v) is 7.95. The number of amides is 3. The summed E-state index contributed by atoms with van der Waals surface area (Å²) in [6, 6.07) is 9.74. The molecule has 0 atom stereocenters. The van der Waals surface area contributed by atoms with Gasteiger partial charge in [0.25, 0.3) is 0 Å². The van der Waals surface area contributed by atoms with Crippen molar-refractivity contribution in [2.24, 2.45) is 5.92 Å². The Morgan fingerprint density at radius 3 is 2.30 bits per heavy atom. The van der Waals surface area contributed by atoms with E-state index in [1.807, 2.05) is 18.7 Å². The monoisotopic (exact) mass is 415 g/mol. The van der Waals surface area contributed by atoms with E-state index in [1.54, 1.807) is 36.2 Å². The van der Waals surface area contributed by atoms with Gasteiger partial charge in [-0.3, -0.25) is 4.79 Å². The van der Waals surface area contributed by atoms with Crippen molar-refractivity contribution in [3.8, 4) is 11.1 Å². The molecule has 0 bridgehead atoms. The molecule has 0 saturated carbocycles. The highest BCUT2D eigenvalue weighted by Gasteiger charge is 2.28. The first kappa shape index (κ1) is 21.7. The van der Waals surface area contributed by atoms with E-state index in [4.69, 9.17) is 0 Å². The molecule has 1 saturated heterocycles. The number of rotatable bonds is 4. The SMILES string of the molecule is CC(C)C(=O)N1CCC(N(C)C(=O)Nc2ccc(-c3cc(F)ccc3F)cc2)CC1. The number of piperidine rings is 1. The van der Waals surface area contributed by atoms with Crippen molar-refractivity contribution < 1.29 is 18.4 Å². The molecule has 1 fully saturated rings. The lowest BCUT2D eigenvalue weighted by molar-refractivity contribution is -0.135. The fourth-order valence-electron chi connectivity index (χ4n) is 3.67. The standard InChI is InChI=1S/C23H27F2N3O2/c1-15(2)22(29)28-12-10-19(11-13-28)27(3)23(30)26-18-7-4-16(5-8-18)20-14-17(24)6-9-21(20)25/h4-9,14-15,19H,10-13H2,1-3H3,(H,26,30). The molecule has 2 aromatic carbocycles. The van der Waals surface area contributed by atoms with Gasteiger partial charge in [0, 0.05) is 43.3 Å². The molecule has 5 nitrogen and oxygen atoms in total. The Morgan fingerprint density at radius 1 is 1.07 bits per heavy atom. The van der Waals surface area contributed by atoms with Gasteiger partial charge in [0.2, 0.25) is 5.91 Å². The Kier molecular flexibility index (Phi) is 6.70. The first-order valence-corrected chi connectivity index (χ1v) is 10.1. The number of nitrogens with zero attached hydrogens (tertiary/aromatic N) is 2. The predicted molar refractivity (Wildman–Crippen MR) is 113 cm³/mol. The van der Waals surface area contributed by atoms with Gasteiger partial charge in [-0.15, -0.1) is 0 Å². The van der Waals surface area contributed by atoms with Crippen molar-refractivity contribution in [2.75, 3.05) is 25.5 Å². The molecule has 30 heavy (non-hydrogen) atoms. The van der Waals surface area contributed by atoms with E-state index in [0.717, 1.165) is 31.0 Å². The summed E-state index contributed by atoms with van der Waals surface area (Å²) in [5.41, 5.74) is 1.27. The van der Waals surface area contributed by atoms with Gasteiger partial charge < -0.3 is 15.1 Å². The van der Waals surface area contributed by atoms with Crippen molar-refractivity contribution in [1.82, 2.24) is 9.80 Å². The molecule has 3 amide bonds. The van der Waals surface area contributed by atoms with Crippen molar-refractivity contribution in [2.45, 2.75) is 32.7 Å². The molecule has 3 rings (SSSR count). The van der Waals surface area contributed by atoms with Crippen LogP contribution in [-0.4, -0.2) is 47.9 Å². The average Bonchev–Trinajstić information content (AvgIpc) is 2.75. The van der Waals surface area contributed by atoms with Gasteiger partial charge in [-0.1, -0.05) is 26.0 Å². The molecule has 160 valence electrons. The molecule has 0 aromatic heterocycles. The van der Waals surface area contributed by atoms with E-state index in [2.05, 4.69) is 5.32 Å². The quantitative estimate of drug-likeness (QED) is 0.784. The zero-order valence-electron chi connectivity index (χ0n) is 17.5. The molecule has 1 heterocycles. The molecule has 7 heteroatoms. The highest BCUT2D eigenvalue weighted by Crippen LogP contribution is 2.25. The molecule has 2 aromatic rings. The molecule has 0 aliphatic carbocycles. The van der Waals surface area contributed by atoms with Crippen LogP contribution in [0.2, 0.25) is 0 Å². The minimum Gasteiger partial charge on any atom is -0.342 e. The third-order valence-electron chi connectivity index (χ3n) is 5.51. The van der Waals surface area contributed by atoms with Crippen LogP contribution < -0.4 is 5.32 Å². The number of carbonyl (C=O) groups is 2. The van der Waals surface area contributed by atoms with Crippen LogP contribution in [-0.2, 0) is 4.79 Å². The Balaban J connectivity index is 1.58. The van der Waals surface area contributed by atoms with Crippen molar-refractivity contribution in [3.05, 3.63) is 54.1 Å². The van der Waals surface area contributed by atoms with E-state index < -0.39 is 11.6 Å². The second kappa shape index (κ2) is 9.24. The van der Waals surface area contributed by atoms with E-state index in [1.165, 1.54) is 0 Å². The van der Waals surface area contributed by atoms with Gasteiger partial charge in [0.1, 0.15) is 11.6 Å². The highest BCUT2D eigenvalue weighted by atomic mass is 19.1. The van der Waals surface area contributed by atoms with Crippen LogP contribution in [0.15, 0.2) is 42.5 Å². The Bertz CT molecular complexity index is 907. The van der Waals surface area contributed by atoms with Crippen molar-refractivity contribution in [3.63, 3.8) is 0 Å². The Hall–Kier alpha value is -2.96. The lowest BCUT2D eigenvalue weighted by atomic mass is 10.0. The van der Waals surface area contributed by atoms with Crippen LogP contribution in [0.3, 0.4) is 0 Å². The second-order valence-electron chi connectivity index (χ2n) is 7.95. The van der Waals surface area contributed by atoms with Crippen LogP contribution in [0, 0.1) is 17.6 Å². The highest BCUT2D eigenvalue weighted by molar-refractivity contribution is 5.89. The number of urea groups is 1. The summed E-state index contributed by atoms with van der Waals surface area (Å²) in [7, 11) is 1.75. The fraction of sp³-hybridized carbons (Fsp3) is 0.391. The van der Waals surface area contributed by atoms with E-state index in [-0.39, 0.29) is 29.5 Å². The van der Waals surface area contributed by atoms with Crippen LogP contribution in [0.1, 0.15) is 26.7 Å². The van der Waals surface area contributed by atoms with Crippen LogP contribution in [0.25, 0.3) is 11.1 Å². The summed E-state index contributed by atoms with van der Waals surface area (Å²) < 4.78 is 27.3. The van der Waals surface area contributed by atoms with Crippen LogP contribution >= 0.6 is 0 Å². The normalized spacial score (nSPS) is 14.7. The van der Waals surface area contributed by atoms with E-state index in [0.29, 0.717) is 24.3 Å². The molecule has 0 unspecified atom stereocenters. The Morgan fingerprint density at radius 2 is 1.70 bits per heavy atom. The average molecular weight is 415 g/mol. The lowest BCUT2D eigenvalue weighted by Gasteiger charge is -2.37. The molecule has 0 radical (unpaired) electrons. The zero-order chi connectivity index (χ0) is 21.8. The van der Waals surface area contributed by atoms with Crippen LogP contribution in [0.4, 0.5) is 19.3 Å². The third-order valence-corrected chi connectivity index (χ3v) is 5.51. The number of nitrogens with one attached hydrogen (secondary N) is 1. The smallest absolute Gasteiger partial charge is 0.321 e. The molecule has 1 aliphatic heterocycles. The summed E-state index contributed by atoms with van der Waals surface area (Å²) in [5.74, 6) is -0.886. The molecule has 0 spiro atoms. The number of anilines is 1. The minimum absolute atomic E-state index is 0.0218. The maximum atomic E-state index is 13.9. The molecular weight excluding hydrogens is 388 g/mol. The zero-order valence-corrected chi connectivity index (χ0v) is 17.5. The Labute approximate surface area is 175 Å². The van der Waals surface area contributed by atoms with Gasteiger partial charge in [-0.2, -0.15) is 0 Å². The predicted octanol–water partition coefficient (Wildman–Crippen LogP) is 4.74. The van der Waals surface area contributed by atoms with Crippen LogP contribution in [0.5, 0.6) is 0 Å². The van der Waals surface area contributed by atoms with Gasteiger partial charge >= 0.3 is 6.03 Å². The molecular formula is C23H27F2N3O2. The maximum Gasteiger partial charge on any atom is 0.321 e. The number of hydrogen-bond acceptors (Lipinski definition) is 2. The topological polar surface area (TPSA) is 52.7 Å². The summed E-state index contributed by atoms with van der Waals surface area (Å²) in [6.07, 6.45) is 1.47. The third kappa shape index (κ3) is 4.96. The first-order valence-electron chi connectivity index (χ1n) is 10.1. The number of carbonyl (C=O) groups excluding carboxylic acids is 2. The van der Waals surface area contributed by atoms with Gasteiger partial charge in [0.15, 0.2) is 0 Å². The number of halogens is 2. The first-order chi connectivity index (χ1) is 14.3. The van der Waals surface area contributed by atoms with E-state index in [9.17, 15) is 18.4 Å². The summed E-state index contributed by atoms with van der Waals surface area (Å²) in [5, 5.41) is 2.83. The number of benzene rings is 2. The van der Waals surface area contributed by atoms with Gasteiger partial charge in [0.05, 0.1) is 0 Å². The minimum atomic E-state index is -0.508. The van der Waals surface area contributed by atoms with Crippen molar-refractivity contribution >= 4 is 17.6 Å². The largest absolute Gasteiger partial charge is 0.342 e. The number of hydrogen-bond donors (Lipinski definition) is 1. The maximum absolute atomic E-state index is 13.9. The van der Waals surface area contributed by atoms with Crippen molar-refractivity contribution in [1.29, 1.82) is 0 Å². The molecule has 1 aliphatic rings. The lowest BCUT2D eigenvalue weighted by Crippen LogP contribution is -2.49. The number of likely N-dealkylation sites (tertiary alicyclic amines) is 1. The summed E-state index contributed by atoms with van der Waals surface area (Å²) >= 11 is 0. The fourth-order valence-corrected chi connectivity index (χ4v) is 3.67. The molecule has 1 N–H and O–H groups in total. The van der Waals surface area contributed by atoms with Gasteiger partial charge in [-0.25, -0.2) is 13.6 Å². The van der Waals surface area contributed by atoms with Gasteiger partial charge in [-0.05, 0) is 48.7 Å². The summed E-state index contributed by atoms with van der Waals surface area (Å²) in [4.78, 5) is 28.2. The summed E-state index contributed by atoms with van der Waals surface area (Å²) in [6.45, 7) is 5.07.